The van der Waals surface area contributed by atoms with Crippen molar-refractivity contribution in [3.8, 4) is 0 Å². The Morgan fingerprint density at radius 3 is 2.88 bits per heavy atom. The number of halogens is 1. The number of hydrogen-bond acceptors (Lipinski definition) is 5. The van der Waals surface area contributed by atoms with E-state index < -0.39 is 5.25 Å². The summed E-state index contributed by atoms with van der Waals surface area (Å²) in [6, 6.07) is 5.49. The van der Waals surface area contributed by atoms with E-state index in [4.69, 9.17) is 16.3 Å². The number of ether oxygens (including phenoxy) is 1. The summed E-state index contributed by atoms with van der Waals surface area (Å²) in [4.78, 5) is 12.3. The van der Waals surface area contributed by atoms with Crippen LogP contribution < -0.4 is 17.0 Å². The van der Waals surface area contributed by atoms with Crippen molar-refractivity contribution in [1.82, 2.24) is 5.43 Å². The molecule has 0 aliphatic heterocycles. The highest BCUT2D eigenvalue weighted by molar-refractivity contribution is 9.10. The fraction of sp³-hybridized carbons (Fsp3) is 0.300. The number of rotatable bonds is 5. The largest absolute Gasteiger partial charge is 0.398 e. The highest BCUT2D eigenvalue weighted by Crippen LogP contribution is 2.31. The van der Waals surface area contributed by atoms with Crippen molar-refractivity contribution in [3.63, 3.8) is 0 Å². The van der Waals surface area contributed by atoms with Crippen molar-refractivity contribution in [2.24, 2.45) is 5.84 Å². The van der Waals surface area contributed by atoms with Crippen LogP contribution in [0.2, 0.25) is 0 Å². The molecule has 1 aromatic carbocycles. The van der Waals surface area contributed by atoms with Crippen molar-refractivity contribution < 1.29 is 9.53 Å². The molecule has 0 aliphatic carbocycles. The molecule has 1 amide bonds. The first-order valence-corrected chi connectivity index (χ1v) is 6.46. The van der Waals surface area contributed by atoms with Gasteiger partial charge in [-0.25, -0.2) is 5.84 Å². The Morgan fingerprint density at radius 1 is 1.65 bits per heavy atom. The average molecular weight is 320 g/mol. The van der Waals surface area contributed by atoms with Gasteiger partial charge >= 0.3 is 0 Å². The zero-order valence-electron chi connectivity index (χ0n) is 9.27. The van der Waals surface area contributed by atoms with Gasteiger partial charge in [0.15, 0.2) is 0 Å². The van der Waals surface area contributed by atoms with Crippen molar-refractivity contribution in [3.05, 3.63) is 22.7 Å². The van der Waals surface area contributed by atoms with Gasteiger partial charge in [0, 0.05) is 22.2 Å². The Bertz CT molecular complexity index is 403. The molecule has 1 atom stereocenters. The van der Waals surface area contributed by atoms with Gasteiger partial charge in [-0.2, -0.15) is 0 Å². The fourth-order valence-electron chi connectivity index (χ4n) is 1.19. The smallest absolute Gasteiger partial charge is 0.249 e. The first-order valence-electron chi connectivity index (χ1n) is 4.79. The van der Waals surface area contributed by atoms with Gasteiger partial charge < -0.3 is 10.5 Å². The van der Waals surface area contributed by atoms with E-state index in [-0.39, 0.29) is 12.5 Å². The minimum absolute atomic E-state index is 0.267. The molecule has 0 spiro atoms. The van der Waals surface area contributed by atoms with Crippen LogP contribution in [-0.4, -0.2) is 24.9 Å². The van der Waals surface area contributed by atoms with E-state index in [1.807, 2.05) is 12.1 Å². The maximum absolute atomic E-state index is 11.5. The lowest BCUT2D eigenvalue weighted by Gasteiger charge is -2.15. The second-order valence-electron chi connectivity index (χ2n) is 3.25. The van der Waals surface area contributed by atoms with Crippen LogP contribution in [0.25, 0.3) is 0 Å². The number of nitrogens with one attached hydrogen (secondary N) is 1. The Labute approximate surface area is 112 Å². The summed E-state index contributed by atoms with van der Waals surface area (Å²) >= 11 is 4.64. The number of anilines is 1. The van der Waals surface area contributed by atoms with E-state index in [9.17, 15) is 4.79 Å². The highest BCUT2D eigenvalue weighted by atomic mass is 79.9. The maximum atomic E-state index is 11.5. The molecule has 94 valence electrons. The van der Waals surface area contributed by atoms with Crippen LogP contribution in [0.3, 0.4) is 0 Å². The lowest BCUT2D eigenvalue weighted by molar-refractivity contribution is -0.121. The second-order valence-corrected chi connectivity index (χ2v) is 5.41. The second kappa shape index (κ2) is 6.85. The predicted molar refractivity (Wildman–Crippen MR) is 72.4 cm³/mol. The molecule has 0 radical (unpaired) electrons. The molecule has 1 aromatic rings. The van der Waals surface area contributed by atoms with Gasteiger partial charge in [0.2, 0.25) is 5.91 Å². The molecule has 0 fully saturated rings. The summed E-state index contributed by atoms with van der Waals surface area (Å²) in [5.74, 6) is 4.82. The molecule has 0 heterocycles. The van der Waals surface area contributed by atoms with Crippen LogP contribution in [0.4, 0.5) is 5.69 Å². The molecular weight excluding hydrogens is 306 g/mol. The quantitative estimate of drug-likeness (QED) is 0.249. The summed E-state index contributed by atoms with van der Waals surface area (Å²) in [5, 5.41) is -0.423. The molecular formula is C10H14BrN3O2S. The summed E-state index contributed by atoms with van der Waals surface area (Å²) in [6.45, 7) is 0.267. The van der Waals surface area contributed by atoms with Crippen molar-refractivity contribution in [2.75, 3.05) is 19.5 Å². The van der Waals surface area contributed by atoms with E-state index in [0.717, 1.165) is 9.37 Å². The first-order chi connectivity index (χ1) is 8.08. The number of carbonyl (C=O) groups excluding carboxylic acids is 1. The van der Waals surface area contributed by atoms with Crippen LogP contribution in [0.5, 0.6) is 0 Å². The van der Waals surface area contributed by atoms with Crippen LogP contribution in [-0.2, 0) is 9.53 Å². The van der Waals surface area contributed by atoms with E-state index in [0.29, 0.717) is 5.69 Å². The molecule has 0 bridgehead atoms. The van der Waals surface area contributed by atoms with Gasteiger partial charge in [0.1, 0.15) is 5.25 Å². The number of hydrazine groups is 1. The Kier molecular flexibility index (Phi) is 5.76. The first kappa shape index (κ1) is 14.3. The summed E-state index contributed by atoms with van der Waals surface area (Å²) in [7, 11) is 1.53. The molecule has 0 aliphatic rings. The number of nitrogen functional groups attached to an aromatic ring is 1. The molecule has 1 unspecified atom stereocenters. The lowest BCUT2D eigenvalue weighted by Crippen LogP contribution is -2.39. The Hall–Kier alpha value is -0.760. The molecule has 0 saturated carbocycles. The van der Waals surface area contributed by atoms with Crippen LogP contribution in [0.1, 0.15) is 0 Å². The maximum Gasteiger partial charge on any atom is 0.249 e. The zero-order valence-corrected chi connectivity index (χ0v) is 11.7. The minimum Gasteiger partial charge on any atom is -0.398 e. The molecule has 17 heavy (non-hydrogen) atoms. The summed E-state index contributed by atoms with van der Waals surface area (Å²) in [5.41, 5.74) is 8.57. The van der Waals surface area contributed by atoms with Gasteiger partial charge in [-0.15, -0.1) is 11.8 Å². The van der Waals surface area contributed by atoms with Crippen LogP contribution >= 0.6 is 27.7 Å². The Morgan fingerprint density at radius 2 is 2.35 bits per heavy atom. The molecule has 0 aromatic heterocycles. The number of amides is 1. The molecule has 0 saturated heterocycles. The Balaban J connectivity index is 2.82. The average Bonchev–Trinajstić information content (AvgIpc) is 2.30. The van der Waals surface area contributed by atoms with Crippen LogP contribution in [0, 0.1) is 0 Å². The predicted octanol–water partition coefficient (Wildman–Crippen LogP) is 1.13. The molecule has 1 rings (SSSR count). The van der Waals surface area contributed by atoms with E-state index >= 15 is 0 Å². The van der Waals surface area contributed by atoms with Gasteiger partial charge in [-0.1, -0.05) is 15.9 Å². The molecule has 5 nitrogen and oxygen atoms in total. The van der Waals surface area contributed by atoms with Gasteiger partial charge in [0.25, 0.3) is 0 Å². The summed E-state index contributed by atoms with van der Waals surface area (Å²) < 4.78 is 5.87. The number of hydrogen-bond donors (Lipinski definition) is 3. The highest BCUT2D eigenvalue weighted by Gasteiger charge is 2.19. The summed E-state index contributed by atoms with van der Waals surface area (Å²) in [6.07, 6.45) is 0. The monoisotopic (exact) mass is 319 g/mol. The van der Waals surface area contributed by atoms with Crippen molar-refractivity contribution in [2.45, 2.75) is 10.1 Å². The van der Waals surface area contributed by atoms with Crippen LogP contribution in [0.15, 0.2) is 27.6 Å². The SMILES string of the molecule is COCC(Sc1ccc(Br)cc1N)C(=O)NN. The molecule has 7 heteroatoms. The number of benzene rings is 1. The van der Waals surface area contributed by atoms with E-state index in [1.54, 1.807) is 6.07 Å². The number of methoxy groups -OCH3 is 1. The minimum atomic E-state index is -0.423. The van der Waals surface area contributed by atoms with E-state index in [1.165, 1.54) is 18.9 Å². The zero-order chi connectivity index (χ0) is 12.8. The van der Waals surface area contributed by atoms with E-state index in [2.05, 4.69) is 21.4 Å². The van der Waals surface area contributed by atoms with Gasteiger partial charge in [-0.05, 0) is 18.2 Å². The lowest BCUT2D eigenvalue weighted by atomic mass is 10.3. The fourth-order valence-corrected chi connectivity index (χ4v) is 2.59. The molecule has 5 N–H and O–H groups in total. The third-order valence-corrected chi connectivity index (χ3v) is 3.75. The van der Waals surface area contributed by atoms with Crippen molar-refractivity contribution in [1.29, 1.82) is 0 Å². The van der Waals surface area contributed by atoms with Gasteiger partial charge in [0.05, 0.1) is 6.61 Å². The topological polar surface area (TPSA) is 90.4 Å². The standard InChI is InChI=1S/C10H14BrN3O2S/c1-16-5-9(10(15)14-13)17-8-3-2-6(11)4-7(8)12/h2-4,9H,5,12-13H2,1H3,(H,14,15). The van der Waals surface area contributed by atoms with Crippen molar-refractivity contribution >= 4 is 39.3 Å². The van der Waals surface area contributed by atoms with Gasteiger partial charge in [-0.3, -0.25) is 10.2 Å². The third-order valence-electron chi connectivity index (χ3n) is 1.99. The number of thioether (sulfide) groups is 1. The number of carbonyl (C=O) groups is 1. The third kappa shape index (κ3) is 4.19. The number of nitrogens with two attached hydrogens (primary N) is 2. The normalized spacial score (nSPS) is 12.2.